The molecule has 2 aromatic rings. The third-order valence-corrected chi connectivity index (χ3v) is 4.18. The zero-order chi connectivity index (χ0) is 13.8. The summed E-state index contributed by atoms with van der Waals surface area (Å²) in [7, 11) is 0. The molecule has 2 aromatic carbocycles. The van der Waals surface area contributed by atoms with Gasteiger partial charge in [0.25, 0.3) is 0 Å². The van der Waals surface area contributed by atoms with E-state index in [9.17, 15) is 0 Å². The molecule has 4 heteroatoms. The molecule has 2 N–H and O–H groups in total. The van der Waals surface area contributed by atoms with Gasteiger partial charge in [-0.05, 0) is 16.3 Å². The summed E-state index contributed by atoms with van der Waals surface area (Å²) in [5.41, 5.74) is 7.06. The zero-order valence-corrected chi connectivity index (χ0v) is 13.2. The van der Waals surface area contributed by atoms with Crippen molar-refractivity contribution in [2.45, 2.75) is 6.54 Å². The van der Waals surface area contributed by atoms with Gasteiger partial charge in [-0.15, -0.1) is 12.4 Å². The number of benzene rings is 2. The number of nitrogens with zero attached hydrogens (tertiary/aromatic N) is 2. The van der Waals surface area contributed by atoms with Gasteiger partial charge in [-0.25, -0.2) is 0 Å². The molecule has 114 valence electrons. The van der Waals surface area contributed by atoms with E-state index in [1.165, 1.54) is 16.3 Å². The monoisotopic (exact) mass is 305 g/mol. The lowest BCUT2D eigenvalue weighted by atomic mass is 10.0. The van der Waals surface area contributed by atoms with Crippen molar-refractivity contribution < 1.29 is 0 Å². The van der Waals surface area contributed by atoms with Gasteiger partial charge in [-0.3, -0.25) is 9.80 Å². The highest BCUT2D eigenvalue weighted by Crippen LogP contribution is 2.20. The van der Waals surface area contributed by atoms with E-state index in [1.807, 2.05) is 0 Å². The lowest BCUT2D eigenvalue weighted by molar-refractivity contribution is 0.130. The number of halogens is 1. The molecule has 1 aliphatic rings. The Morgan fingerprint density at radius 2 is 1.52 bits per heavy atom. The molecule has 1 aliphatic heterocycles. The highest BCUT2D eigenvalue weighted by molar-refractivity contribution is 5.85. The number of hydrogen-bond acceptors (Lipinski definition) is 3. The normalized spacial score (nSPS) is 16.8. The first-order valence-electron chi connectivity index (χ1n) is 7.48. The van der Waals surface area contributed by atoms with E-state index in [-0.39, 0.29) is 12.4 Å². The highest BCUT2D eigenvalue weighted by atomic mass is 35.5. The van der Waals surface area contributed by atoms with Gasteiger partial charge in [0.1, 0.15) is 0 Å². The van der Waals surface area contributed by atoms with Crippen LogP contribution in [0.15, 0.2) is 42.5 Å². The van der Waals surface area contributed by atoms with Gasteiger partial charge in [0, 0.05) is 45.8 Å². The Kier molecular flexibility index (Phi) is 6.00. The largest absolute Gasteiger partial charge is 0.329 e. The first kappa shape index (κ1) is 16.2. The summed E-state index contributed by atoms with van der Waals surface area (Å²) in [4.78, 5) is 5.01. The summed E-state index contributed by atoms with van der Waals surface area (Å²) < 4.78 is 0. The molecular formula is C17H24ClN3. The van der Waals surface area contributed by atoms with Gasteiger partial charge in [0.05, 0.1) is 0 Å². The number of nitrogens with two attached hydrogens (primary N) is 1. The molecule has 3 rings (SSSR count). The number of piperazine rings is 1. The van der Waals surface area contributed by atoms with Crippen LogP contribution >= 0.6 is 12.4 Å². The fourth-order valence-corrected chi connectivity index (χ4v) is 3.02. The van der Waals surface area contributed by atoms with E-state index < -0.39 is 0 Å². The smallest absolute Gasteiger partial charge is 0.0240 e. The lowest BCUT2D eigenvalue weighted by Gasteiger charge is -2.34. The summed E-state index contributed by atoms with van der Waals surface area (Å²) in [5, 5.41) is 2.73. The molecule has 0 bridgehead atoms. The first-order valence-corrected chi connectivity index (χ1v) is 7.48. The van der Waals surface area contributed by atoms with Crippen molar-refractivity contribution in [3.63, 3.8) is 0 Å². The molecule has 0 aliphatic carbocycles. The average Bonchev–Trinajstić information content (AvgIpc) is 2.50. The maximum absolute atomic E-state index is 5.62. The first-order chi connectivity index (χ1) is 9.86. The van der Waals surface area contributed by atoms with Crippen molar-refractivity contribution in [2.24, 2.45) is 5.73 Å². The van der Waals surface area contributed by atoms with Crippen LogP contribution in [0.4, 0.5) is 0 Å². The Balaban J connectivity index is 0.00000161. The minimum Gasteiger partial charge on any atom is -0.329 e. The molecule has 0 radical (unpaired) electrons. The molecule has 1 fully saturated rings. The van der Waals surface area contributed by atoms with E-state index in [4.69, 9.17) is 5.73 Å². The van der Waals surface area contributed by atoms with Gasteiger partial charge < -0.3 is 5.73 Å². The van der Waals surface area contributed by atoms with Crippen LogP contribution in [0, 0.1) is 0 Å². The Morgan fingerprint density at radius 3 is 2.29 bits per heavy atom. The van der Waals surface area contributed by atoms with E-state index in [2.05, 4.69) is 52.3 Å². The molecule has 0 atom stereocenters. The highest BCUT2D eigenvalue weighted by Gasteiger charge is 2.16. The third kappa shape index (κ3) is 3.95. The van der Waals surface area contributed by atoms with Gasteiger partial charge in [0.2, 0.25) is 0 Å². The van der Waals surface area contributed by atoms with Crippen LogP contribution in [0.5, 0.6) is 0 Å². The standard InChI is InChI=1S/C17H23N3.ClH/c18-8-9-19-10-12-20(13-11-19)14-16-6-3-5-15-4-1-2-7-17(15)16;/h1-7H,8-14,18H2;1H. The Bertz CT molecular complexity index is 559. The van der Waals surface area contributed by atoms with Crippen LogP contribution in [0.1, 0.15) is 5.56 Å². The summed E-state index contributed by atoms with van der Waals surface area (Å²) in [6, 6.07) is 15.3. The molecule has 1 saturated heterocycles. The zero-order valence-electron chi connectivity index (χ0n) is 12.4. The lowest BCUT2D eigenvalue weighted by Crippen LogP contribution is -2.47. The maximum atomic E-state index is 5.62. The molecule has 0 saturated carbocycles. The Morgan fingerprint density at radius 1 is 0.857 bits per heavy atom. The van der Waals surface area contributed by atoms with Crippen molar-refractivity contribution in [3.05, 3.63) is 48.0 Å². The van der Waals surface area contributed by atoms with Crippen LogP contribution < -0.4 is 5.73 Å². The summed E-state index contributed by atoms with van der Waals surface area (Å²) in [5.74, 6) is 0. The Labute approximate surface area is 133 Å². The molecular weight excluding hydrogens is 282 g/mol. The van der Waals surface area contributed by atoms with Crippen molar-refractivity contribution in [3.8, 4) is 0 Å². The minimum absolute atomic E-state index is 0. The van der Waals surface area contributed by atoms with Crippen molar-refractivity contribution >= 4 is 23.2 Å². The predicted octanol–water partition coefficient (Wildman–Crippen LogP) is 2.34. The summed E-state index contributed by atoms with van der Waals surface area (Å²) in [6.07, 6.45) is 0. The molecule has 21 heavy (non-hydrogen) atoms. The SMILES string of the molecule is Cl.NCCN1CCN(Cc2cccc3ccccc23)CC1. The van der Waals surface area contributed by atoms with Crippen LogP contribution in [0.2, 0.25) is 0 Å². The number of fused-ring (bicyclic) bond motifs is 1. The summed E-state index contributed by atoms with van der Waals surface area (Å²) >= 11 is 0. The van der Waals surface area contributed by atoms with Crippen LogP contribution in [-0.2, 0) is 6.54 Å². The molecule has 0 unspecified atom stereocenters. The molecule has 0 aromatic heterocycles. The van der Waals surface area contributed by atoms with E-state index in [1.54, 1.807) is 0 Å². The fraction of sp³-hybridized carbons (Fsp3) is 0.412. The third-order valence-electron chi connectivity index (χ3n) is 4.18. The van der Waals surface area contributed by atoms with Crippen molar-refractivity contribution in [2.75, 3.05) is 39.3 Å². The second-order valence-electron chi connectivity index (χ2n) is 5.54. The van der Waals surface area contributed by atoms with Gasteiger partial charge in [0.15, 0.2) is 0 Å². The molecule has 0 amide bonds. The van der Waals surface area contributed by atoms with Gasteiger partial charge in [-0.2, -0.15) is 0 Å². The Hall–Kier alpha value is -1.13. The molecule has 0 spiro atoms. The quantitative estimate of drug-likeness (QED) is 0.941. The van der Waals surface area contributed by atoms with Crippen LogP contribution in [-0.4, -0.2) is 49.1 Å². The van der Waals surface area contributed by atoms with Crippen LogP contribution in [0.25, 0.3) is 10.8 Å². The minimum atomic E-state index is 0. The van der Waals surface area contributed by atoms with Crippen molar-refractivity contribution in [1.82, 2.24) is 9.80 Å². The average molecular weight is 306 g/mol. The van der Waals surface area contributed by atoms with Gasteiger partial charge >= 0.3 is 0 Å². The topological polar surface area (TPSA) is 32.5 Å². The number of hydrogen-bond donors (Lipinski definition) is 1. The number of rotatable bonds is 4. The van der Waals surface area contributed by atoms with E-state index in [0.29, 0.717) is 0 Å². The molecule has 1 heterocycles. The van der Waals surface area contributed by atoms with E-state index >= 15 is 0 Å². The predicted molar refractivity (Wildman–Crippen MR) is 92.0 cm³/mol. The second kappa shape index (κ2) is 7.76. The van der Waals surface area contributed by atoms with Gasteiger partial charge in [-0.1, -0.05) is 42.5 Å². The van der Waals surface area contributed by atoms with E-state index in [0.717, 1.165) is 45.8 Å². The summed E-state index contributed by atoms with van der Waals surface area (Å²) in [6.45, 7) is 7.42. The van der Waals surface area contributed by atoms with Crippen LogP contribution in [0.3, 0.4) is 0 Å². The maximum Gasteiger partial charge on any atom is 0.0240 e. The molecule has 3 nitrogen and oxygen atoms in total. The fourth-order valence-electron chi connectivity index (χ4n) is 3.02. The second-order valence-corrected chi connectivity index (χ2v) is 5.54. The van der Waals surface area contributed by atoms with Crippen molar-refractivity contribution in [1.29, 1.82) is 0 Å².